The highest BCUT2D eigenvalue weighted by Gasteiger charge is 2.14. The zero-order chi connectivity index (χ0) is 12.8. The first kappa shape index (κ1) is 13.1. The van der Waals surface area contributed by atoms with Crippen LogP contribution in [0.15, 0.2) is 6.20 Å². The van der Waals surface area contributed by atoms with Gasteiger partial charge in [0.15, 0.2) is 5.69 Å². The number of carboxylic acid groups (broad SMARTS) is 1. The summed E-state index contributed by atoms with van der Waals surface area (Å²) < 4.78 is 1.16. The highest BCUT2D eigenvalue weighted by Crippen LogP contribution is 1.96. The van der Waals surface area contributed by atoms with Crippen LogP contribution in [-0.2, 0) is 11.3 Å². The van der Waals surface area contributed by atoms with E-state index in [1.165, 1.54) is 11.1 Å². The summed E-state index contributed by atoms with van der Waals surface area (Å²) in [5, 5.41) is 24.3. The molecule has 0 bridgehead atoms. The van der Waals surface area contributed by atoms with E-state index >= 15 is 0 Å². The van der Waals surface area contributed by atoms with Crippen LogP contribution in [0.2, 0.25) is 0 Å². The van der Waals surface area contributed by atoms with Gasteiger partial charge in [0, 0.05) is 13.1 Å². The molecule has 0 aliphatic rings. The van der Waals surface area contributed by atoms with Crippen molar-refractivity contribution >= 4 is 11.9 Å². The van der Waals surface area contributed by atoms with E-state index in [9.17, 15) is 9.59 Å². The average molecular weight is 242 g/mol. The lowest BCUT2D eigenvalue weighted by atomic mass is 10.4. The molecule has 0 fully saturated rings. The maximum absolute atomic E-state index is 11.7. The van der Waals surface area contributed by atoms with Gasteiger partial charge >= 0.3 is 5.97 Å². The largest absolute Gasteiger partial charge is 0.476 e. The minimum absolute atomic E-state index is 0.0892. The van der Waals surface area contributed by atoms with E-state index in [-0.39, 0.29) is 31.3 Å². The van der Waals surface area contributed by atoms with Gasteiger partial charge in [-0.15, -0.1) is 5.10 Å². The van der Waals surface area contributed by atoms with Crippen molar-refractivity contribution in [1.82, 2.24) is 19.9 Å². The minimum atomic E-state index is -1.19. The van der Waals surface area contributed by atoms with E-state index < -0.39 is 5.97 Å². The highest BCUT2D eigenvalue weighted by molar-refractivity contribution is 5.84. The number of aliphatic hydroxyl groups is 1. The number of hydrogen-bond donors (Lipinski definition) is 2. The predicted octanol–water partition coefficient (Wildman–Crippen LogP) is -1.18. The number of likely N-dealkylation sites (N-methyl/N-ethyl adjacent to an activating group) is 1. The van der Waals surface area contributed by atoms with Crippen LogP contribution in [0.1, 0.15) is 17.4 Å². The molecular weight excluding hydrogens is 228 g/mol. The third kappa shape index (κ3) is 3.52. The molecule has 2 N–H and O–H groups in total. The van der Waals surface area contributed by atoms with Gasteiger partial charge in [0.25, 0.3) is 0 Å². The Hall–Kier alpha value is -1.96. The first-order valence-corrected chi connectivity index (χ1v) is 5.10. The lowest BCUT2D eigenvalue weighted by Gasteiger charge is -2.19. The van der Waals surface area contributed by atoms with Crippen LogP contribution in [0.4, 0.5) is 0 Å². The SMILES string of the molecule is CCN(CCO)C(=O)Cn1cc(C(=O)O)nn1. The summed E-state index contributed by atoms with van der Waals surface area (Å²) in [6.45, 7) is 2.30. The molecule has 0 aliphatic carbocycles. The van der Waals surface area contributed by atoms with E-state index in [4.69, 9.17) is 10.2 Å². The second kappa shape index (κ2) is 5.94. The second-order valence-corrected chi connectivity index (χ2v) is 3.30. The molecule has 1 amide bonds. The normalized spacial score (nSPS) is 10.2. The summed E-state index contributed by atoms with van der Waals surface area (Å²) in [4.78, 5) is 23.7. The van der Waals surface area contributed by atoms with Gasteiger partial charge in [-0.1, -0.05) is 5.21 Å². The van der Waals surface area contributed by atoms with Gasteiger partial charge in [0.05, 0.1) is 12.8 Å². The minimum Gasteiger partial charge on any atom is -0.476 e. The molecule has 8 nitrogen and oxygen atoms in total. The van der Waals surface area contributed by atoms with Crippen molar-refractivity contribution in [1.29, 1.82) is 0 Å². The fraction of sp³-hybridized carbons (Fsp3) is 0.556. The van der Waals surface area contributed by atoms with E-state index in [2.05, 4.69) is 10.3 Å². The van der Waals surface area contributed by atoms with Crippen molar-refractivity contribution in [3.05, 3.63) is 11.9 Å². The Balaban J connectivity index is 2.63. The van der Waals surface area contributed by atoms with Crippen molar-refractivity contribution in [2.45, 2.75) is 13.5 Å². The molecule has 0 aromatic carbocycles. The number of amides is 1. The van der Waals surface area contributed by atoms with Crippen molar-refractivity contribution < 1.29 is 19.8 Å². The Kier molecular flexibility index (Phi) is 4.58. The number of aromatic carboxylic acids is 1. The van der Waals surface area contributed by atoms with Crippen molar-refractivity contribution in [2.24, 2.45) is 0 Å². The number of carbonyl (C=O) groups excluding carboxylic acids is 1. The van der Waals surface area contributed by atoms with Gasteiger partial charge in [-0.3, -0.25) is 4.79 Å². The van der Waals surface area contributed by atoms with Crippen LogP contribution in [0.5, 0.6) is 0 Å². The fourth-order valence-electron chi connectivity index (χ4n) is 1.29. The Morgan fingerprint density at radius 2 is 2.24 bits per heavy atom. The molecule has 0 saturated heterocycles. The predicted molar refractivity (Wildman–Crippen MR) is 56.3 cm³/mol. The number of carboxylic acids is 1. The number of nitrogens with zero attached hydrogens (tertiary/aromatic N) is 4. The third-order valence-corrected chi connectivity index (χ3v) is 2.16. The molecule has 1 heterocycles. The van der Waals surface area contributed by atoms with Crippen LogP contribution in [0, 0.1) is 0 Å². The molecule has 17 heavy (non-hydrogen) atoms. The van der Waals surface area contributed by atoms with Gasteiger partial charge in [-0.2, -0.15) is 0 Å². The van der Waals surface area contributed by atoms with Gasteiger partial charge < -0.3 is 15.1 Å². The molecule has 0 aliphatic heterocycles. The fourth-order valence-corrected chi connectivity index (χ4v) is 1.29. The number of carbonyl (C=O) groups is 2. The molecule has 94 valence electrons. The summed E-state index contributed by atoms with van der Waals surface area (Å²) in [7, 11) is 0. The molecule has 1 aromatic rings. The molecule has 0 atom stereocenters. The van der Waals surface area contributed by atoms with E-state index in [1.54, 1.807) is 6.92 Å². The van der Waals surface area contributed by atoms with Gasteiger partial charge in [-0.25, -0.2) is 9.48 Å². The Morgan fingerprint density at radius 1 is 1.53 bits per heavy atom. The molecule has 1 rings (SSSR count). The van der Waals surface area contributed by atoms with Gasteiger partial charge in [0.2, 0.25) is 5.91 Å². The smallest absolute Gasteiger partial charge is 0.358 e. The molecule has 0 unspecified atom stereocenters. The van der Waals surface area contributed by atoms with Gasteiger partial charge in [0.1, 0.15) is 6.54 Å². The maximum atomic E-state index is 11.7. The van der Waals surface area contributed by atoms with Crippen LogP contribution in [0.25, 0.3) is 0 Å². The monoisotopic (exact) mass is 242 g/mol. The summed E-state index contributed by atoms with van der Waals surface area (Å²) in [6.07, 6.45) is 1.19. The summed E-state index contributed by atoms with van der Waals surface area (Å²) >= 11 is 0. The van der Waals surface area contributed by atoms with Gasteiger partial charge in [-0.05, 0) is 6.92 Å². The summed E-state index contributed by atoms with van der Waals surface area (Å²) in [6, 6.07) is 0. The van der Waals surface area contributed by atoms with Crippen LogP contribution in [0.3, 0.4) is 0 Å². The molecule has 1 aromatic heterocycles. The molecule has 8 heteroatoms. The Morgan fingerprint density at radius 3 is 2.71 bits per heavy atom. The van der Waals surface area contributed by atoms with Crippen LogP contribution in [-0.4, -0.2) is 61.7 Å². The van der Waals surface area contributed by atoms with E-state index in [0.29, 0.717) is 6.54 Å². The Labute approximate surface area is 97.5 Å². The zero-order valence-corrected chi connectivity index (χ0v) is 9.41. The Bertz CT molecular complexity index is 403. The summed E-state index contributed by atoms with van der Waals surface area (Å²) in [5.74, 6) is -1.44. The quantitative estimate of drug-likeness (QED) is 0.649. The molecule has 0 spiro atoms. The topological polar surface area (TPSA) is 109 Å². The lowest BCUT2D eigenvalue weighted by molar-refractivity contribution is -0.132. The molecular formula is C9H14N4O4. The highest BCUT2D eigenvalue weighted by atomic mass is 16.4. The van der Waals surface area contributed by atoms with Crippen molar-refractivity contribution in [3.8, 4) is 0 Å². The standard InChI is InChI=1S/C9H14N4O4/c1-2-12(3-4-14)8(15)6-13-5-7(9(16)17)10-11-13/h5,14H,2-4,6H2,1H3,(H,16,17). The average Bonchev–Trinajstić information content (AvgIpc) is 2.74. The maximum Gasteiger partial charge on any atom is 0.358 e. The number of hydrogen-bond acceptors (Lipinski definition) is 5. The second-order valence-electron chi connectivity index (χ2n) is 3.30. The lowest BCUT2D eigenvalue weighted by Crippen LogP contribution is -2.35. The van der Waals surface area contributed by atoms with Crippen LogP contribution >= 0.6 is 0 Å². The number of rotatable bonds is 6. The molecule has 0 saturated carbocycles. The van der Waals surface area contributed by atoms with E-state index in [0.717, 1.165) is 4.68 Å². The molecule has 0 radical (unpaired) electrons. The zero-order valence-electron chi connectivity index (χ0n) is 9.41. The first-order chi connectivity index (χ1) is 8.08. The van der Waals surface area contributed by atoms with Crippen LogP contribution < -0.4 is 0 Å². The third-order valence-electron chi connectivity index (χ3n) is 2.16. The van der Waals surface area contributed by atoms with E-state index in [1.807, 2.05) is 0 Å². The first-order valence-electron chi connectivity index (χ1n) is 5.10. The van der Waals surface area contributed by atoms with Crippen molar-refractivity contribution in [3.63, 3.8) is 0 Å². The summed E-state index contributed by atoms with van der Waals surface area (Å²) in [5.41, 5.74) is -0.206. The van der Waals surface area contributed by atoms with Crippen molar-refractivity contribution in [2.75, 3.05) is 19.7 Å². The number of aliphatic hydroxyl groups excluding tert-OH is 1. The number of aromatic nitrogens is 3.